The van der Waals surface area contributed by atoms with Crippen molar-refractivity contribution in [3.8, 4) is 11.5 Å². The van der Waals surface area contributed by atoms with Crippen molar-refractivity contribution < 1.29 is 14.9 Å². The zero-order chi connectivity index (χ0) is 10.9. The van der Waals surface area contributed by atoms with Crippen LogP contribution in [0.1, 0.15) is 24.8 Å². The number of hydrogen-bond donors (Lipinski definition) is 2. The van der Waals surface area contributed by atoms with Crippen molar-refractivity contribution in [2.75, 3.05) is 7.11 Å². The lowest BCUT2D eigenvalue weighted by atomic mass is 10.1. The number of rotatable bonds is 4. The van der Waals surface area contributed by atoms with Crippen LogP contribution >= 0.6 is 0 Å². The minimum absolute atomic E-state index is 0.165. The lowest BCUT2D eigenvalue weighted by Crippen LogP contribution is -2.07. The van der Waals surface area contributed by atoms with Gasteiger partial charge in [-0.15, -0.1) is 0 Å². The largest absolute Gasteiger partial charge is 0.504 e. The molecule has 1 aromatic carbocycles. The second kappa shape index (κ2) is 3.74. The van der Waals surface area contributed by atoms with Crippen molar-refractivity contribution in [2.45, 2.75) is 31.3 Å². The lowest BCUT2D eigenvalue weighted by molar-refractivity contribution is 0.140. The van der Waals surface area contributed by atoms with E-state index in [1.807, 2.05) is 6.07 Å². The molecule has 0 aliphatic heterocycles. The van der Waals surface area contributed by atoms with Crippen LogP contribution in [0.5, 0.6) is 11.5 Å². The van der Waals surface area contributed by atoms with Gasteiger partial charge in [0.1, 0.15) is 0 Å². The van der Waals surface area contributed by atoms with Gasteiger partial charge in [0.25, 0.3) is 0 Å². The first-order chi connectivity index (χ1) is 7.13. The summed E-state index contributed by atoms with van der Waals surface area (Å²) in [6, 6.07) is 5.37. The Labute approximate surface area is 89.3 Å². The van der Waals surface area contributed by atoms with Gasteiger partial charge >= 0.3 is 0 Å². The number of aryl methyl sites for hydroxylation is 1. The summed E-state index contributed by atoms with van der Waals surface area (Å²) >= 11 is 0. The van der Waals surface area contributed by atoms with E-state index in [0.29, 0.717) is 5.75 Å². The van der Waals surface area contributed by atoms with Gasteiger partial charge in [-0.25, -0.2) is 0 Å². The molecule has 1 aromatic rings. The highest BCUT2D eigenvalue weighted by atomic mass is 16.5. The molecule has 3 nitrogen and oxygen atoms in total. The van der Waals surface area contributed by atoms with E-state index in [2.05, 4.69) is 0 Å². The monoisotopic (exact) mass is 208 g/mol. The molecular weight excluding hydrogens is 192 g/mol. The summed E-state index contributed by atoms with van der Waals surface area (Å²) in [5.41, 5.74) is 0.615. The standard InChI is InChI=1S/C12H16O3/c1-15-11-3-2-9(8-10(11)13)4-5-12(14)6-7-12/h2-3,8,13-14H,4-7H2,1H3. The van der Waals surface area contributed by atoms with E-state index in [1.54, 1.807) is 12.1 Å². The molecule has 2 rings (SSSR count). The Balaban J connectivity index is 1.99. The Morgan fingerprint density at radius 1 is 1.40 bits per heavy atom. The molecule has 0 atom stereocenters. The van der Waals surface area contributed by atoms with Crippen LogP contribution in [-0.4, -0.2) is 22.9 Å². The predicted octanol–water partition coefficient (Wildman–Crippen LogP) is 1.86. The lowest BCUT2D eigenvalue weighted by Gasteiger charge is -2.08. The number of benzene rings is 1. The third-order valence-electron chi connectivity index (χ3n) is 2.95. The first kappa shape index (κ1) is 10.3. The second-order valence-electron chi connectivity index (χ2n) is 4.23. The van der Waals surface area contributed by atoms with Gasteiger partial charge in [-0.3, -0.25) is 0 Å². The quantitative estimate of drug-likeness (QED) is 0.794. The third-order valence-corrected chi connectivity index (χ3v) is 2.95. The molecule has 1 aliphatic rings. The molecule has 0 bridgehead atoms. The Kier molecular flexibility index (Phi) is 2.57. The summed E-state index contributed by atoms with van der Waals surface area (Å²) in [4.78, 5) is 0. The van der Waals surface area contributed by atoms with Crippen molar-refractivity contribution in [3.05, 3.63) is 23.8 Å². The maximum atomic E-state index is 9.67. The van der Waals surface area contributed by atoms with Gasteiger partial charge in [-0.1, -0.05) is 6.07 Å². The Bertz CT molecular complexity index is 356. The number of methoxy groups -OCH3 is 1. The highest BCUT2D eigenvalue weighted by Gasteiger charge is 2.39. The van der Waals surface area contributed by atoms with E-state index < -0.39 is 5.60 Å². The van der Waals surface area contributed by atoms with Gasteiger partial charge in [-0.2, -0.15) is 0 Å². The second-order valence-corrected chi connectivity index (χ2v) is 4.23. The summed E-state index contributed by atoms with van der Waals surface area (Å²) in [6.45, 7) is 0. The van der Waals surface area contributed by atoms with E-state index in [4.69, 9.17) is 4.74 Å². The molecule has 1 fully saturated rings. The molecule has 2 N–H and O–H groups in total. The van der Waals surface area contributed by atoms with Crippen LogP contribution in [0.15, 0.2) is 18.2 Å². The summed E-state index contributed by atoms with van der Waals surface area (Å²) in [5.74, 6) is 0.654. The van der Waals surface area contributed by atoms with Gasteiger partial charge in [0.15, 0.2) is 11.5 Å². The number of phenols is 1. The van der Waals surface area contributed by atoms with E-state index >= 15 is 0 Å². The van der Waals surface area contributed by atoms with Crippen LogP contribution in [0, 0.1) is 0 Å². The number of aliphatic hydroxyl groups is 1. The van der Waals surface area contributed by atoms with Crippen LogP contribution in [0.25, 0.3) is 0 Å². The SMILES string of the molecule is COc1ccc(CCC2(O)CC2)cc1O. The smallest absolute Gasteiger partial charge is 0.160 e. The zero-order valence-corrected chi connectivity index (χ0v) is 8.86. The van der Waals surface area contributed by atoms with Gasteiger partial charge in [0.05, 0.1) is 12.7 Å². The van der Waals surface area contributed by atoms with E-state index in [-0.39, 0.29) is 5.75 Å². The highest BCUT2D eigenvalue weighted by Crippen LogP contribution is 2.39. The topological polar surface area (TPSA) is 49.7 Å². The molecule has 3 heteroatoms. The van der Waals surface area contributed by atoms with Gasteiger partial charge in [0, 0.05) is 0 Å². The van der Waals surface area contributed by atoms with E-state index in [9.17, 15) is 10.2 Å². The summed E-state index contributed by atoms with van der Waals surface area (Å²) in [5, 5.41) is 19.2. The first-order valence-electron chi connectivity index (χ1n) is 5.21. The van der Waals surface area contributed by atoms with Crippen LogP contribution in [-0.2, 0) is 6.42 Å². The van der Waals surface area contributed by atoms with Crippen LogP contribution in [0.4, 0.5) is 0 Å². The number of phenolic OH excluding ortho intramolecular Hbond substituents is 1. The molecule has 15 heavy (non-hydrogen) atoms. The molecule has 0 saturated heterocycles. The van der Waals surface area contributed by atoms with E-state index in [0.717, 1.165) is 31.2 Å². The van der Waals surface area contributed by atoms with Crippen molar-refractivity contribution in [3.63, 3.8) is 0 Å². The molecule has 0 unspecified atom stereocenters. The average molecular weight is 208 g/mol. The molecular formula is C12H16O3. The van der Waals surface area contributed by atoms with Crippen molar-refractivity contribution in [1.82, 2.24) is 0 Å². The number of hydrogen-bond acceptors (Lipinski definition) is 3. The highest BCUT2D eigenvalue weighted by molar-refractivity contribution is 5.41. The minimum atomic E-state index is -0.421. The summed E-state index contributed by atoms with van der Waals surface area (Å²) < 4.78 is 4.96. The number of aromatic hydroxyl groups is 1. The number of ether oxygens (including phenoxy) is 1. The first-order valence-corrected chi connectivity index (χ1v) is 5.21. The van der Waals surface area contributed by atoms with Crippen molar-refractivity contribution >= 4 is 0 Å². The summed E-state index contributed by atoms with van der Waals surface area (Å²) in [6.07, 6.45) is 3.40. The van der Waals surface area contributed by atoms with Crippen LogP contribution in [0.3, 0.4) is 0 Å². The predicted molar refractivity (Wildman–Crippen MR) is 57.2 cm³/mol. The van der Waals surface area contributed by atoms with E-state index in [1.165, 1.54) is 7.11 Å². The maximum Gasteiger partial charge on any atom is 0.160 e. The van der Waals surface area contributed by atoms with Crippen LogP contribution < -0.4 is 4.74 Å². The Morgan fingerprint density at radius 2 is 2.13 bits per heavy atom. The fraction of sp³-hybridized carbons (Fsp3) is 0.500. The van der Waals surface area contributed by atoms with Gasteiger partial charge in [-0.05, 0) is 43.4 Å². The Hall–Kier alpha value is -1.22. The fourth-order valence-corrected chi connectivity index (χ4v) is 1.66. The molecule has 1 aliphatic carbocycles. The molecule has 0 radical (unpaired) electrons. The van der Waals surface area contributed by atoms with Crippen molar-refractivity contribution in [1.29, 1.82) is 0 Å². The third kappa shape index (κ3) is 2.42. The Morgan fingerprint density at radius 3 is 2.67 bits per heavy atom. The average Bonchev–Trinajstić information content (AvgIpc) is 2.95. The molecule has 0 aromatic heterocycles. The fourth-order valence-electron chi connectivity index (χ4n) is 1.66. The van der Waals surface area contributed by atoms with Gasteiger partial charge in [0.2, 0.25) is 0 Å². The van der Waals surface area contributed by atoms with Gasteiger partial charge < -0.3 is 14.9 Å². The minimum Gasteiger partial charge on any atom is -0.504 e. The normalized spacial score (nSPS) is 17.5. The van der Waals surface area contributed by atoms with Crippen LogP contribution in [0.2, 0.25) is 0 Å². The molecule has 0 spiro atoms. The molecule has 1 saturated carbocycles. The summed E-state index contributed by atoms with van der Waals surface area (Å²) in [7, 11) is 1.53. The molecule has 0 amide bonds. The molecule has 0 heterocycles. The van der Waals surface area contributed by atoms with Crippen molar-refractivity contribution in [2.24, 2.45) is 0 Å². The molecule has 82 valence electrons. The maximum absolute atomic E-state index is 9.67. The zero-order valence-electron chi connectivity index (χ0n) is 8.86.